The first-order chi connectivity index (χ1) is 8.56. The van der Waals surface area contributed by atoms with Gasteiger partial charge in [-0.1, -0.05) is 0 Å². The number of carbonyl (C=O) groups is 1. The van der Waals surface area contributed by atoms with Crippen LogP contribution in [0.3, 0.4) is 0 Å². The molecule has 4 nitrogen and oxygen atoms in total. The highest BCUT2D eigenvalue weighted by atomic mass is 19.1. The van der Waals surface area contributed by atoms with Gasteiger partial charge in [-0.2, -0.15) is 0 Å². The molecule has 1 fully saturated rings. The minimum absolute atomic E-state index is 0.210. The smallest absolute Gasteiger partial charge is 0.248 e. The molecule has 2 rings (SSSR count). The first kappa shape index (κ1) is 12.8. The number of nitrogens with one attached hydrogen (secondary N) is 1. The van der Waals surface area contributed by atoms with Gasteiger partial charge in [-0.3, -0.25) is 4.79 Å². The van der Waals surface area contributed by atoms with Crippen LogP contribution in [0, 0.1) is 5.82 Å². The number of likely N-dealkylation sites (N-methyl/N-ethyl adjacent to an activating group) is 1. The number of halogens is 1. The predicted octanol–water partition coefficient (Wildman–Crippen LogP) is 1.43. The topological polar surface area (TPSA) is 58.4 Å². The SMILES string of the molecule is CN1CCCC(Nc2cc(C(N)=O)ccc2F)C1. The summed E-state index contributed by atoms with van der Waals surface area (Å²) in [5.74, 6) is -0.896. The highest BCUT2D eigenvalue weighted by Gasteiger charge is 2.18. The maximum atomic E-state index is 13.7. The zero-order valence-corrected chi connectivity index (χ0v) is 10.4. The number of primary amides is 1. The van der Waals surface area contributed by atoms with Gasteiger partial charge in [-0.15, -0.1) is 0 Å². The number of hydrogen-bond acceptors (Lipinski definition) is 3. The van der Waals surface area contributed by atoms with E-state index in [1.807, 2.05) is 7.05 Å². The van der Waals surface area contributed by atoms with Crippen LogP contribution in [0.15, 0.2) is 18.2 Å². The highest BCUT2D eigenvalue weighted by Crippen LogP contribution is 2.20. The first-order valence-electron chi connectivity index (χ1n) is 6.10. The van der Waals surface area contributed by atoms with E-state index in [9.17, 15) is 9.18 Å². The molecule has 5 heteroatoms. The fourth-order valence-electron chi connectivity index (χ4n) is 2.29. The summed E-state index contributed by atoms with van der Waals surface area (Å²) < 4.78 is 13.7. The van der Waals surface area contributed by atoms with Crippen molar-refractivity contribution >= 4 is 11.6 Å². The predicted molar refractivity (Wildman–Crippen MR) is 69.1 cm³/mol. The molecule has 1 unspecified atom stereocenters. The number of nitrogens with two attached hydrogens (primary N) is 1. The van der Waals surface area contributed by atoms with E-state index in [0.29, 0.717) is 11.3 Å². The van der Waals surface area contributed by atoms with E-state index in [0.717, 1.165) is 25.9 Å². The summed E-state index contributed by atoms with van der Waals surface area (Å²) in [7, 11) is 2.05. The molecule has 98 valence electrons. The zero-order chi connectivity index (χ0) is 13.1. The van der Waals surface area contributed by atoms with E-state index in [1.54, 1.807) is 0 Å². The molecule has 1 aliphatic heterocycles. The Kier molecular flexibility index (Phi) is 3.81. The minimum Gasteiger partial charge on any atom is -0.379 e. The van der Waals surface area contributed by atoms with Crippen molar-refractivity contribution in [2.24, 2.45) is 5.73 Å². The van der Waals surface area contributed by atoms with Crippen molar-refractivity contribution in [3.63, 3.8) is 0 Å². The molecule has 0 radical (unpaired) electrons. The number of benzene rings is 1. The monoisotopic (exact) mass is 251 g/mol. The van der Waals surface area contributed by atoms with Crippen LogP contribution in [0.1, 0.15) is 23.2 Å². The van der Waals surface area contributed by atoms with Gasteiger partial charge >= 0.3 is 0 Å². The van der Waals surface area contributed by atoms with E-state index >= 15 is 0 Å². The molecule has 18 heavy (non-hydrogen) atoms. The molecule has 0 bridgehead atoms. The van der Waals surface area contributed by atoms with E-state index in [1.165, 1.54) is 18.2 Å². The number of anilines is 1. The normalized spacial score (nSPS) is 20.7. The third-order valence-electron chi connectivity index (χ3n) is 3.23. The molecule has 1 atom stereocenters. The Morgan fingerprint density at radius 1 is 1.56 bits per heavy atom. The summed E-state index contributed by atoms with van der Waals surface area (Å²) in [5, 5.41) is 3.15. The Morgan fingerprint density at radius 2 is 2.33 bits per heavy atom. The quantitative estimate of drug-likeness (QED) is 0.854. The van der Waals surface area contributed by atoms with Crippen LogP contribution in [-0.2, 0) is 0 Å². The van der Waals surface area contributed by atoms with Crippen molar-refractivity contribution in [3.05, 3.63) is 29.6 Å². The van der Waals surface area contributed by atoms with E-state index in [4.69, 9.17) is 5.73 Å². The molecule has 0 aliphatic carbocycles. The second-order valence-corrected chi connectivity index (χ2v) is 4.80. The molecule has 1 aliphatic rings. The molecule has 0 aromatic heterocycles. The lowest BCUT2D eigenvalue weighted by Gasteiger charge is -2.31. The van der Waals surface area contributed by atoms with Gasteiger partial charge < -0.3 is 16.0 Å². The van der Waals surface area contributed by atoms with Gasteiger partial charge in [0.05, 0.1) is 5.69 Å². The average Bonchev–Trinajstić information content (AvgIpc) is 2.31. The highest BCUT2D eigenvalue weighted by molar-refractivity contribution is 5.93. The maximum absolute atomic E-state index is 13.7. The fourth-order valence-corrected chi connectivity index (χ4v) is 2.29. The standard InChI is InChI=1S/C13H18FN3O/c1-17-6-2-3-10(8-17)16-12-7-9(13(15)18)4-5-11(12)14/h4-5,7,10,16H,2-3,6,8H2,1H3,(H2,15,18). The van der Waals surface area contributed by atoms with Gasteiger partial charge in [-0.05, 0) is 44.6 Å². The average molecular weight is 251 g/mol. The number of hydrogen-bond donors (Lipinski definition) is 2. The van der Waals surface area contributed by atoms with Crippen molar-refractivity contribution in [1.29, 1.82) is 0 Å². The van der Waals surface area contributed by atoms with Gasteiger partial charge in [0.25, 0.3) is 0 Å². The molecule has 0 saturated carbocycles. The lowest BCUT2D eigenvalue weighted by molar-refractivity contribution is 0.100. The first-order valence-corrected chi connectivity index (χ1v) is 6.10. The van der Waals surface area contributed by atoms with Crippen LogP contribution < -0.4 is 11.1 Å². The third kappa shape index (κ3) is 2.98. The summed E-state index contributed by atoms with van der Waals surface area (Å²) in [4.78, 5) is 13.3. The van der Waals surface area contributed by atoms with Crippen molar-refractivity contribution in [2.75, 3.05) is 25.5 Å². The van der Waals surface area contributed by atoms with E-state index < -0.39 is 5.91 Å². The second kappa shape index (κ2) is 5.35. The molecule has 1 saturated heterocycles. The van der Waals surface area contributed by atoms with Gasteiger partial charge in [0.15, 0.2) is 0 Å². The maximum Gasteiger partial charge on any atom is 0.248 e. The van der Waals surface area contributed by atoms with Crippen LogP contribution in [0.2, 0.25) is 0 Å². The number of piperidine rings is 1. The Morgan fingerprint density at radius 3 is 3.00 bits per heavy atom. The molecule has 0 spiro atoms. The van der Waals surface area contributed by atoms with Gasteiger partial charge in [0.2, 0.25) is 5.91 Å². The molecular formula is C13H18FN3O. The molecule has 3 N–H and O–H groups in total. The summed E-state index contributed by atoms with van der Waals surface area (Å²) in [6, 6.07) is 4.36. The van der Waals surface area contributed by atoms with Gasteiger partial charge in [0.1, 0.15) is 5.82 Å². The number of carbonyl (C=O) groups excluding carboxylic acids is 1. The van der Waals surface area contributed by atoms with Crippen LogP contribution in [0.25, 0.3) is 0 Å². The number of likely N-dealkylation sites (tertiary alicyclic amines) is 1. The van der Waals surface area contributed by atoms with E-state index in [2.05, 4.69) is 10.2 Å². The Labute approximate surface area is 106 Å². The van der Waals surface area contributed by atoms with Crippen molar-refractivity contribution in [2.45, 2.75) is 18.9 Å². The Bertz CT molecular complexity index is 450. The van der Waals surface area contributed by atoms with Crippen LogP contribution >= 0.6 is 0 Å². The summed E-state index contributed by atoms with van der Waals surface area (Å²) in [6.45, 7) is 1.95. The van der Waals surface area contributed by atoms with Crippen LogP contribution in [-0.4, -0.2) is 37.0 Å². The minimum atomic E-state index is -0.543. The number of amides is 1. The number of nitrogens with zero attached hydrogens (tertiary/aromatic N) is 1. The molecule has 1 amide bonds. The van der Waals surface area contributed by atoms with Crippen molar-refractivity contribution < 1.29 is 9.18 Å². The molecule has 1 aromatic carbocycles. The molecule has 1 heterocycles. The van der Waals surface area contributed by atoms with Crippen molar-refractivity contribution in [3.8, 4) is 0 Å². The van der Waals surface area contributed by atoms with E-state index in [-0.39, 0.29) is 11.9 Å². The van der Waals surface area contributed by atoms with Crippen LogP contribution in [0.4, 0.5) is 10.1 Å². The van der Waals surface area contributed by atoms with Crippen molar-refractivity contribution in [1.82, 2.24) is 4.90 Å². The van der Waals surface area contributed by atoms with Gasteiger partial charge in [0, 0.05) is 18.2 Å². The zero-order valence-electron chi connectivity index (χ0n) is 10.4. The summed E-state index contributed by atoms with van der Waals surface area (Å²) >= 11 is 0. The fraction of sp³-hybridized carbons (Fsp3) is 0.462. The molecule has 1 aromatic rings. The van der Waals surface area contributed by atoms with Gasteiger partial charge in [-0.25, -0.2) is 4.39 Å². The lowest BCUT2D eigenvalue weighted by atomic mass is 10.1. The molecular weight excluding hydrogens is 233 g/mol. The summed E-state index contributed by atoms with van der Waals surface area (Å²) in [6.07, 6.45) is 2.09. The number of rotatable bonds is 3. The largest absolute Gasteiger partial charge is 0.379 e. The van der Waals surface area contributed by atoms with Crippen LogP contribution in [0.5, 0.6) is 0 Å². The Hall–Kier alpha value is -1.62. The summed E-state index contributed by atoms with van der Waals surface area (Å²) in [5.41, 5.74) is 5.87. The third-order valence-corrected chi connectivity index (χ3v) is 3.23. The lowest BCUT2D eigenvalue weighted by Crippen LogP contribution is -2.39. The second-order valence-electron chi connectivity index (χ2n) is 4.80. The Balaban J connectivity index is 2.12.